The first-order valence-electron chi connectivity index (χ1n) is 6.09. The van der Waals surface area contributed by atoms with Crippen molar-refractivity contribution in [3.63, 3.8) is 0 Å². The minimum absolute atomic E-state index is 0.0846. The fourth-order valence-electron chi connectivity index (χ4n) is 1.43. The zero-order chi connectivity index (χ0) is 15.7. The summed E-state index contributed by atoms with van der Waals surface area (Å²) in [6, 6.07) is 5.59. The molecule has 0 saturated heterocycles. The van der Waals surface area contributed by atoms with Crippen molar-refractivity contribution >= 4 is 5.91 Å². The van der Waals surface area contributed by atoms with E-state index in [1.165, 1.54) is 25.3 Å². The average Bonchev–Trinajstić information content (AvgIpc) is 2.41. The van der Waals surface area contributed by atoms with Gasteiger partial charge in [0, 0.05) is 19.2 Å². The summed E-state index contributed by atoms with van der Waals surface area (Å²) in [5, 5.41) is 2.45. The summed E-state index contributed by atoms with van der Waals surface area (Å²) in [6.07, 6.45) is -4.77. The lowest BCUT2D eigenvalue weighted by atomic mass is 10.2. The molecule has 1 N–H and O–H groups in total. The van der Waals surface area contributed by atoms with E-state index in [9.17, 15) is 18.0 Å². The third-order valence-electron chi connectivity index (χ3n) is 2.34. The number of methoxy groups -OCH3 is 1. The molecule has 0 saturated carbocycles. The van der Waals surface area contributed by atoms with Crippen LogP contribution in [0.15, 0.2) is 24.3 Å². The number of para-hydroxylation sites is 1. The number of carbonyl (C=O) groups excluding carboxylic acids is 1. The minimum Gasteiger partial charge on any atom is -0.405 e. The molecule has 0 aliphatic rings. The van der Waals surface area contributed by atoms with Crippen molar-refractivity contribution in [3.8, 4) is 5.75 Å². The van der Waals surface area contributed by atoms with Gasteiger partial charge in [0.15, 0.2) is 0 Å². The number of rotatable bonds is 8. The average molecular weight is 307 g/mol. The maximum Gasteiger partial charge on any atom is 0.573 e. The number of carbonyl (C=O) groups is 1. The van der Waals surface area contributed by atoms with Crippen LogP contribution in [0, 0.1) is 0 Å². The van der Waals surface area contributed by atoms with Crippen molar-refractivity contribution in [3.05, 3.63) is 29.8 Å². The first kappa shape index (κ1) is 17.3. The Labute approximate surface area is 120 Å². The molecule has 0 atom stereocenters. The molecule has 1 rings (SSSR count). The molecular formula is C13H16F3NO4. The lowest BCUT2D eigenvalue weighted by Gasteiger charge is -2.13. The van der Waals surface area contributed by atoms with E-state index >= 15 is 0 Å². The van der Waals surface area contributed by atoms with Crippen molar-refractivity contribution in [2.75, 3.05) is 26.9 Å². The van der Waals surface area contributed by atoms with E-state index in [1.807, 2.05) is 0 Å². The highest BCUT2D eigenvalue weighted by atomic mass is 19.4. The van der Waals surface area contributed by atoms with Gasteiger partial charge in [0.1, 0.15) is 12.4 Å². The van der Waals surface area contributed by atoms with E-state index in [2.05, 4.69) is 10.1 Å². The summed E-state index contributed by atoms with van der Waals surface area (Å²) in [4.78, 5) is 11.4. The first-order chi connectivity index (χ1) is 9.92. The van der Waals surface area contributed by atoms with Crippen molar-refractivity contribution in [2.24, 2.45) is 0 Å². The van der Waals surface area contributed by atoms with Gasteiger partial charge in [0.05, 0.1) is 13.2 Å². The molecule has 0 heterocycles. The number of hydrogen-bond donors (Lipinski definition) is 1. The van der Waals surface area contributed by atoms with Crippen LogP contribution in [0.1, 0.15) is 5.56 Å². The van der Waals surface area contributed by atoms with E-state index in [4.69, 9.17) is 9.47 Å². The second-order valence-corrected chi connectivity index (χ2v) is 3.98. The van der Waals surface area contributed by atoms with Gasteiger partial charge in [0.25, 0.3) is 0 Å². The summed E-state index contributed by atoms with van der Waals surface area (Å²) < 4.78 is 50.3. The lowest BCUT2D eigenvalue weighted by molar-refractivity contribution is -0.274. The molecule has 5 nitrogen and oxygen atoms in total. The number of hydrogen-bond acceptors (Lipinski definition) is 4. The van der Waals surface area contributed by atoms with Gasteiger partial charge in [-0.15, -0.1) is 13.2 Å². The van der Waals surface area contributed by atoms with Crippen LogP contribution in [0.4, 0.5) is 13.2 Å². The lowest BCUT2D eigenvalue weighted by Crippen LogP contribution is -2.28. The van der Waals surface area contributed by atoms with Crippen LogP contribution in [-0.4, -0.2) is 39.2 Å². The number of ether oxygens (including phenoxy) is 3. The maximum absolute atomic E-state index is 12.2. The van der Waals surface area contributed by atoms with Crippen LogP contribution in [0.2, 0.25) is 0 Å². The van der Waals surface area contributed by atoms with Crippen molar-refractivity contribution < 1.29 is 32.2 Å². The molecule has 1 aromatic carbocycles. The predicted octanol–water partition coefficient (Wildman–Crippen LogP) is 1.86. The van der Waals surface area contributed by atoms with Crippen LogP contribution in [0.5, 0.6) is 5.75 Å². The van der Waals surface area contributed by atoms with E-state index < -0.39 is 12.3 Å². The zero-order valence-corrected chi connectivity index (χ0v) is 11.4. The molecule has 0 fully saturated rings. The van der Waals surface area contributed by atoms with Gasteiger partial charge in [-0.05, 0) is 6.07 Å². The summed E-state index contributed by atoms with van der Waals surface area (Å²) in [5.41, 5.74) is 0.222. The maximum atomic E-state index is 12.2. The molecule has 8 heteroatoms. The van der Waals surface area contributed by atoms with Gasteiger partial charge >= 0.3 is 6.36 Å². The van der Waals surface area contributed by atoms with Gasteiger partial charge in [-0.1, -0.05) is 18.2 Å². The van der Waals surface area contributed by atoms with Gasteiger partial charge < -0.3 is 19.5 Å². The smallest absolute Gasteiger partial charge is 0.405 e. The third kappa shape index (κ3) is 7.52. The van der Waals surface area contributed by atoms with E-state index in [-0.39, 0.29) is 31.1 Å². The molecule has 0 aliphatic carbocycles. The Bertz CT molecular complexity index is 451. The summed E-state index contributed by atoms with van der Waals surface area (Å²) >= 11 is 0. The Morgan fingerprint density at radius 2 is 1.95 bits per heavy atom. The summed E-state index contributed by atoms with van der Waals surface area (Å²) in [6.45, 7) is 0.345. The van der Waals surface area contributed by atoms with Crippen LogP contribution >= 0.6 is 0 Å². The van der Waals surface area contributed by atoms with Gasteiger partial charge in [-0.3, -0.25) is 4.79 Å². The zero-order valence-electron chi connectivity index (χ0n) is 11.4. The molecule has 0 bridgehead atoms. The Kier molecular flexibility index (Phi) is 6.97. The molecule has 1 amide bonds. The van der Waals surface area contributed by atoms with E-state index in [0.717, 1.165) is 0 Å². The van der Waals surface area contributed by atoms with Gasteiger partial charge in [0.2, 0.25) is 5.91 Å². The molecule has 0 unspecified atom stereocenters. The van der Waals surface area contributed by atoms with Crippen LogP contribution in [0.3, 0.4) is 0 Å². The third-order valence-corrected chi connectivity index (χ3v) is 2.34. The monoisotopic (exact) mass is 307 g/mol. The normalized spacial score (nSPS) is 11.2. The largest absolute Gasteiger partial charge is 0.573 e. The van der Waals surface area contributed by atoms with E-state index in [1.54, 1.807) is 6.07 Å². The Balaban J connectivity index is 2.46. The standard InChI is InChI=1S/C13H16F3NO4/c1-19-6-7-20-9-12(18)17-8-10-4-2-3-5-11(10)21-13(14,15)16/h2-5H,6-9H2,1H3,(H,17,18). The minimum atomic E-state index is -4.77. The van der Waals surface area contributed by atoms with Crippen LogP contribution in [-0.2, 0) is 20.8 Å². The molecule has 0 aromatic heterocycles. The van der Waals surface area contributed by atoms with Crippen molar-refractivity contribution in [2.45, 2.75) is 12.9 Å². The van der Waals surface area contributed by atoms with E-state index in [0.29, 0.717) is 6.61 Å². The Morgan fingerprint density at radius 1 is 1.24 bits per heavy atom. The molecule has 118 valence electrons. The van der Waals surface area contributed by atoms with Crippen molar-refractivity contribution in [1.82, 2.24) is 5.32 Å². The molecule has 0 aliphatic heterocycles. The number of alkyl halides is 3. The quantitative estimate of drug-likeness (QED) is 0.745. The van der Waals surface area contributed by atoms with Gasteiger partial charge in [-0.25, -0.2) is 0 Å². The Morgan fingerprint density at radius 3 is 2.62 bits per heavy atom. The number of nitrogens with one attached hydrogen (secondary N) is 1. The number of amides is 1. The second-order valence-electron chi connectivity index (χ2n) is 3.98. The SMILES string of the molecule is COCCOCC(=O)NCc1ccccc1OC(F)(F)F. The molecule has 1 aromatic rings. The van der Waals surface area contributed by atoms with Gasteiger partial charge in [-0.2, -0.15) is 0 Å². The summed E-state index contributed by atoms with van der Waals surface area (Å²) in [5.74, 6) is -0.779. The molecular weight excluding hydrogens is 291 g/mol. The predicted molar refractivity (Wildman–Crippen MR) is 67.7 cm³/mol. The topological polar surface area (TPSA) is 56.8 Å². The Hall–Kier alpha value is -1.80. The number of halogens is 3. The molecule has 0 radical (unpaired) electrons. The molecule has 21 heavy (non-hydrogen) atoms. The summed E-state index contributed by atoms with van der Waals surface area (Å²) in [7, 11) is 1.50. The fraction of sp³-hybridized carbons (Fsp3) is 0.462. The van der Waals surface area contributed by atoms with Crippen LogP contribution in [0.25, 0.3) is 0 Å². The highest BCUT2D eigenvalue weighted by Gasteiger charge is 2.31. The van der Waals surface area contributed by atoms with Crippen molar-refractivity contribution in [1.29, 1.82) is 0 Å². The highest BCUT2D eigenvalue weighted by Crippen LogP contribution is 2.25. The van der Waals surface area contributed by atoms with Crippen LogP contribution < -0.4 is 10.1 Å². The number of benzene rings is 1. The second kappa shape index (κ2) is 8.48. The highest BCUT2D eigenvalue weighted by molar-refractivity contribution is 5.77. The fourth-order valence-corrected chi connectivity index (χ4v) is 1.43. The first-order valence-corrected chi connectivity index (χ1v) is 6.09. The molecule has 0 spiro atoms.